The second-order valence-corrected chi connectivity index (χ2v) is 5.54. The van der Waals surface area contributed by atoms with Gasteiger partial charge in [0.05, 0.1) is 5.92 Å². The second-order valence-electron chi connectivity index (χ2n) is 5.16. The quantitative estimate of drug-likeness (QED) is 0.821. The van der Waals surface area contributed by atoms with Crippen LogP contribution < -0.4 is 11.1 Å². The van der Waals surface area contributed by atoms with Crippen LogP contribution in [0.3, 0.4) is 0 Å². The van der Waals surface area contributed by atoms with E-state index >= 15 is 0 Å². The average molecular weight is 291 g/mol. The molecule has 0 aromatic heterocycles. The van der Waals surface area contributed by atoms with Crippen LogP contribution in [0.4, 0.5) is 0 Å². The lowest BCUT2D eigenvalue weighted by molar-refractivity contribution is -0.122. The molecule has 0 bridgehead atoms. The molecule has 2 rings (SSSR count). The summed E-state index contributed by atoms with van der Waals surface area (Å²) in [6.45, 7) is 2.36. The van der Waals surface area contributed by atoms with Gasteiger partial charge >= 0.3 is 0 Å². The van der Waals surface area contributed by atoms with Crippen LogP contribution in [0, 0.1) is 5.92 Å². The molecule has 0 radical (unpaired) electrons. The van der Waals surface area contributed by atoms with E-state index in [4.69, 9.17) is 18.0 Å². The molecule has 1 unspecified atom stereocenters. The summed E-state index contributed by atoms with van der Waals surface area (Å²) in [5, 5.41) is 3.99. The zero-order chi connectivity index (χ0) is 14.4. The maximum absolute atomic E-state index is 11.3. The van der Waals surface area contributed by atoms with Crippen LogP contribution in [0.1, 0.15) is 18.4 Å². The molecule has 0 spiro atoms. The van der Waals surface area contributed by atoms with Gasteiger partial charge in [0.15, 0.2) is 5.11 Å². The molecule has 1 aliphatic heterocycles. The van der Waals surface area contributed by atoms with Gasteiger partial charge in [-0.3, -0.25) is 4.79 Å². The molecular weight excluding hydrogens is 270 g/mol. The minimum absolute atomic E-state index is 0.0716. The van der Waals surface area contributed by atoms with Crippen molar-refractivity contribution in [2.24, 2.45) is 11.7 Å². The van der Waals surface area contributed by atoms with E-state index in [2.05, 4.69) is 22.3 Å². The van der Waals surface area contributed by atoms with Gasteiger partial charge in [0.1, 0.15) is 0 Å². The van der Waals surface area contributed by atoms with E-state index in [9.17, 15) is 4.79 Å². The number of piperidine rings is 1. The van der Waals surface area contributed by atoms with Crippen LogP contribution in [0.25, 0.3) is 0 Å². The van der Waals surface area contributed by atoms with E-state index < -0.39 is 0 Å². The molecule has 4 nitrogen and oxygen atoms in total. The fraction of sp³-hybridized carbons (Fsp3) is 0.467. The summed E-state index contributed by atoms with van der Waals surface area (Å²) in [6, 6.07) is 10.3. The lowest BCUT2D eigenvalue weighted by Crippen LogP contribution is -2.48. The third-order valence-corrected chi connectivity index (χ3v) is 4.05. The number of nitrogens with one attached hydrogen (secondary N) is 1. The third kappa shape index (κ3) is 4.20. The zero-order valence-corrected chi connectivity index (χ0v) is 12.4. The Labute approximate surface area is 125 Å². The summed E-state index contributed by atoms with van der Waals surface area (Å²) in [5.74, 6) is -0.292. The molecule has 108 valence electrons. The first-order valence-electron chi connectivity index (χ1n) is 7.03. The molecule has 1 aliphatic rings. The first kappa shape index (κ1) is 14.8. The summed E-state index contributed by atoms with van der Waals surface area (Å²) in [5.41, 5.74) is 6.66. The molecule has 1 atom stereocenters. The number of thiocarbonyl (C=S) groups is 1. The number of carbonyl (C=O) groups is 1. The lowest BCUT2D eigenvalue weighted by Gasteiger charge is -2.33. The summed E-state index contributed by atoms with van der Waals surface area (Å²) in [7, 11) is 0. The van der Waals surface area contributed by atoms with Crippen molar-refractivity contribution in [2.45, 2.75) is 19.3 Å². The molecule has 20 heavy (non-hydrogen) atoms. The summed E-state index contributed by atoms with van der Waals surface area (Å²) in [4.78, 5) is 13.3. The highest BCUT2D eigenvalue weighted by Gasteiger charge is 2.25. The lowest BCUT2D eigenvalue weighted by atomic mass is 9.98. The Kier molecular flexibility index (Phi) is 5.35. The Morgan fingerprint density at radius 2 is 2.15 bits per heavy atom. The Morgan fingerprint density at radius 1 is 1.40 bits per heavy atom. The van der Waals surface area contributed by atoms with Crippen LogP contribution in [0.5, 0.6) is 0 Å². The molecular formula is C15H21N3OS. The standard InChI is InChI=1S/C15H21N3OS/c16-14(19)13-7-4-10-18(11-13)15(20)17-9-8-12-5-2-1-3-6-12/h1-3,5-6,13H,4,7-11H2,(H2,16,19)(H,17,20). The first-order chi connectivity index (χ1) is 9.66. The number of rotatable bonds is 4. The predicted molar refractivity (Wildman–Crippen MR) is 84.2 cm³/mol. The Balaban J connectivity index is 1.75. The smallest absolute Gasteiger partial charge is 0.222 e. The molecule has 1 fully saturated rings. The molecule has 1 saturated heterocycles. The fourth-order valence-electron chi connectivity index (χ4n) is 2.46. The van der Waals surface area contributed by atoms with Gasteiger partial charge < -0.3 is 16.0 Å². The third-order valence-electron chi connectivity index (χ3n) is 3.64. The largest absolute Gasteiger partial charge is 0.369 e. The van der Waals surface area contributed by atoms with E-state index in [-0.39, 0.29) is 11.8 Å². The number of carbonyl (C=O) groups excluding carboxylic acids is 1. The van der Waals surface area contributed by atoms with Gasteiger partial charge in [-0.1, -0.05) is 30.3 Å². The molecule has 1 aromatic rings. The number of amides is 1. The van der Waals surface area contributed by atoms with Gasteiger partial charge in [-0.2, -0.15) is 0 Å². The van der Waals surface area contributed by atoms with Crippen molar-refractivity contribution in [2.75, 3.05) is 19.6 Å². The van der Waals surface area contributed by atoms with E-state index in [1.54, 1.807) is 0 Å². The van der Waals surface area contributed by atoms with E-state index in [0.29, 0.717) is 6.54 Å². The number of benzene rings is 1. The number of nitrogens with two attached hydrogens (primary N) is 1. The van der Waals surface area contributed by atoms with E-state index in [1.807, 2.05) is 18.2 Å². The number of hydrogen-bond acceptors (Lipinski definition) is 2. The number of likely N-dealkylation sites (tertiary alicyclic amines) is 1. The highest BCUT2D eigenvalue weighted by atomic mass is 32.1. The summed E-state index contributed by atoms with van der Waals surface area (Å²) in [6.07, 6.45) is 2.78. The monoisotopic (exact) mass is 291 g/mol. The average Bonchev–Trinajstić information content (AvgIpc) is 2.48. The minimum atomic E-state index is -0.221. The molecule has 0 aliphatic carbocycles. The van der Waals surface area contributed by atoms with E-state index in [1.165, 1.54) is 5.56 Å². The van der Waals surface area contributed by atoms with Crippen LogP contribution in [0.15, 0.2) is 30.3 Å². The molecule has 0 saturated carbocycles. The highest BCUT2D eigenvalue weighted by Crippen LogP contribution is 2.15. The molecule has 5 heteroatoms. The fourth-order valence-corrected chi connectivity index (χ4v) is 2.73. The maximum Gasteiger partial charge on any atom is 0.222 e. The van der Waals surface area contributed by atoms with Crippen LogP contribution in [-0.2, 0) is 11.2 Å². The van der Waals surface area contributed by atoms with Gasteiger partial charge in [-0.15, -0.1) is 0 Å². The summed E-state index contributed by atoms with van der Waals surface area (Å²) < 4.78 is 0. The van der Waals surface area contributed by atoms with Gasteiger partial charge in [-0.05, 0) is 37.0 Å². The number of hydrogen-bond donors (Lipinski definition) is 2. The van der Waals surface area contributed by atoms with Crippen molar-refractivity contribution >= 4 is 23.2 Å². The van der Waals surface area contributed by atoms with Crippen molar-refractivity contribution in [3.05, 3.63) is 35.9 Å². The maximum atomic E-state index is 11.3. The molecule has 3 N–H and O–H groups in total. The van der Waals surface area contributed by atoms with Gasteiger partial charge in [0.2, 0.25) is 5.91 Å². The van der Waals surface area contributed by atoms with Gasteiger partial charge in [0, 0.05) is 19.6 Å². The Morgan fingerprint density at radius 3 is 2.85 bits per heavy atom. The SMILES string of the molecule is NC(=O)C1CCCN(C(=S)NCCc2ccccc2)C1. The zero-order valence-electron chi connectivity index (χ0n) is 11.5. The van der Waals surface area contributed by atoms with Crippen molar-refractivity contribution in [1.82, 2.24) is 10.2 Å². The van der Waals surface area contributed by atoms with Crippen molar-refractivity contribution in [1.29, 1.82) is 0 Å². The van der Waals surface area contributed by atoms with E-state index in [0.717, 1.165) is 37.5 Å². The second kappa shape index (κ2) is 7.24. The van der Waals surface area contributed by atoms with Gasteiger partial charge in [0.25, 0.3) is 0 Å². The Bertz CT molecular complexity index is 463. The van der Waals surface area contributed by atoms with Crippen molar-refractivity contribution in [3.8, 4) is 0 Å². The van der Waals surface area contributed by atoms with Crippen LogP contribution in [-0.4, -0.2) is 35.6 Å². The van der Waals surface area contributed by atoms with Crippen molar-refractivity contribution in [3.63, 3.8) is 0 Å². The summed E-state index contributed by atoms with van der Waals surface area (Å²) >= 11 is 5.39. The van der Waals surface area contributed by atoms with Gasteiger partial charge in [-0.25, -0.2) is 0 Å². The minimum Gasteiger partial charge on any atom is -0.369 e. The normalized spacial score (nSPS) is 18.6. The number of primary amides is 1. The van der Waals surface area contributed by atoms with Crippen molar-refractivity contribution < 1.29 is 4.79 Å². The highest BCUT2D eigenvalue weighted by molar-refractivity contribution is 7.80. The van der Waals surface area contributed by atoms with Crippen LogP contribution >= 0.6 is 12.2 Å². The van der Waals surface area contributed by atoms with Crippen LogP contribution in [0.2, 0.25) is 0 Å². The first-order valence-corrected chi connectivity index (χ1v) is 7.43. The number of nitrogens with zero attached hydrogens (tertiary/aromatic N) is 1. The predicted octanol–water partition coefficient (Wildman–Crippen LogP) is 1.30. The molecule has 1 heterocycles. The molecule has 1 amide bonds. The molecule has 1 aromatic carbocycles. The Hall–Kier alpha value is -1.62. The topological polar surface area (TPSA) is 58.4 Å².